The van der Waals surface area contributed by atoms with Crippen molar-refractivity contribution in [1.82, 2.24) is 5.16 Å². The van der Waals surface area contributed by atoms with Crippen LogP contribution in [-0.2, 0) is 20.1 Å². The van der Waals surface area contributed by atoms with Crippen molar-refractivity contribution in [2.75, 3.05) is 13.2 Å². The highest BCUT2D eigenvalue weighted by molar-refractivity contribution is 5.94. The van der Waals surface area contributed by atoms with Crippen LogP contribution in [0.25, 0.3) is 5.57 Å². The molecule has 2 N–H and O–H groups in total. The van der Waals surface area contributed by atoms with E-state index in [1.54, 1.807) is 0 Å². The molecule has 1 atom stereocenters. The molecule has 1 fully saturated rings. The number of fused-ring (bicyclic) bond motifs is 2. The molecule has 7 heteroatoms. The lowest BCUT2D eigenvalue weighted by Crippen LogP contribution is -2.45. The average molecular weight is 277 g/mol. The first-order valence-corrected chi connectivity index (χ1v) is 5.89. The molecular formula is C13H11NO6. The summed E-state index contributed by atoms with van der Waals surface area (Å²) < 4.78 is 16.0. The second kappa shape index (κ2) is 4.18. The number of carbonyl (C=O) groups is 1. The summed E-state index contributed by atoms with van der Waals surface area (Å²) in [4.78, 5) is 10.9. The highest BCUT2D eigenvalue weighted by atomic mass is 16.7. The number of aliphatic hydroxyl groups is 1. The molecule has 104 valence electrons. The van der Waals surface area contributed by atoms with E-state index >= 15 is 0 Å². The van der Waals surface area contributed by atoms with Gasteiger partial charge in [0.25, 0.3) is 0 Å². The Morgan fingerprint density at radius 2 is 2.20 bits per heavy atom. The molecule has 1 aliphatic carbocycles. The lowest BCUT2D eigenvalue weighted by molar-refractivity contribution is -0.195. The second-order valence-corrected chi connectivity index (χ2v) is 4.60. The molecular weight excluding hydrogens is 266 g/mol. The molecule has 1 aliphatic heterocycles. The van der Waals surface area contributed by atoms with Crippen LogP contribution in [-0.4, -0.2) is 40.2 Å². The largest absolute Gasteiger partial charge is 0.478 e. The maximum atomic E-state index is 10.9. The minimum Gasteiger partial charge on any atom is -0.478 e. The van der Waals surface area contributed by atoms with Gasteiger partial charge in [-0.3, -0.25) is 0 Å². The monoisotopic (exact) mass is 277 g/mol. The van der Waals surface area contributed by atoms with Gasteiger partial charge in [-0.2, -0.15) is 0 Å². The summed E-state index contributed by atoms with van der Waals surface area (Å²) >= 11 is 0. The zero-order valence-corrected chi connectivity index (χ0v) is 10.3. The Morgan fingerprint density at radius 3 is 2.80 bits per heavy atom. The number of ether oxygens (including phenoxy) is 2. The number of nitrogens with zero attached hydrogens (tertiary/aromatic N) is 1. The molecule has 1 aromatic rings. The third-order valence-corrected chi connectivity index (χ3v) is 3.42. The average Bonchev–Trinajstić information content (AvgIpc) is 3.03. The molecule has 20 heavy (non-hydrogen) atoms. The topological polar surface area (TPSA) is 102 Å². The number of aromatic nitrogens is 1. The van der Waals surface area contributed by atoms with Crippen molar-refractivity contribution < 1.29 is 29.0 Å². The van der Waals surface area contributed by atoms with Gasteiger partial charge in [0.1, 0.15) is 6.26 Å². The number of aliphatic carboxylic acids is 1. The van der Waals surface area contributed by atoms with E-state index < -0.39 is 17.4 Å². The van der Waals surface area contributed by atoms with E-state index in [4.69, 9.17) is 25.5 Å². The van der Waals surface area contributed by atoms with Crippen molar-refractivity contribution >= 4 is 11.5 Å². The molecule has 0 saturated carbocycles. The minimum absolute atomic E-state index is 0.0356. The lowest BCUT2D eigenvalue weighted by atomic mass is 9.76. The van der Waals surface area contributed by atoms with Crippen LogP contribution in [0.15, 0.2) is 16.9 Å². The van der Waals surface area contributed by atoms with Gasteiger partial charge in [0.2, 0.25) is 5.79 Å². The molecule has 0 radical (unpaired) electrons. The van der Waals surface area contributed by atoms with Crippen LogP contribution in [0.5, 0.6) is 0 Å². The lowest BCUT2D eigenvalue weighted by Gasteiger charge is -2.38. The fourth-order valence-electron chi connectivity index (χ4n) is 2.58. The quantitative estimate of drug-likeness (QED) is 0.554. The molecule has 1 spiro atoms. The van der Waals surface area contributed by atoms with Crippen LogP contribution < -0.4 is 0 Å². The van der Waals surface area contributed by atoms with Gasteiger partial charge in [-0.15, -0.1) is 6.42 Å². The van der Waals surface area contributed by atoms with E-state index in [0.29, 0.717) is 18.9 Å². The number of terminal acetylenes is 1. The number of rotatable bonds is 1. The summed E-state index contributed by atoms with van der Waals surface area (Å²) in [6.45, 7) is 0.649. The molecule has 0 amide bonds. The van der Waals surface area contributed by atoms with Gasteiger partial charge in [0.05, 0.1) is 25.2 Å². The summed E-state index contributed by atoms with van der Waals surface area (Å²) in [7, 11) is 0. The van der Waals surface area contributed by atoms with Gasteiger partial charge >= 0.3 is 5.97 Å². The van der Waals surface area contributed by atoms with Crippen LogP contribution in [0.4, 0.5) is 0 Å². The van der Waals surface area contributed by atoms with Crippen LogP contribution in [0.3, 0.4) is 0 Å². The fraction of sp³-hybridized carbons (Fsp3) is 0.385. The molecule has 0 bridgehead atoms. The van der Waals surface area contributed by atoms with Crippen LogP contribution in [0.2, 0.25) is 0 Å². The van der Waals surface area contributed by atoms with Crippen molar-refractivity contribution in [1.29, 1.82) is 0 Å². The smallest absolute Gasteiger partial charge is 0.328 e. The van der Waals surface area contributed by atoms with Gasteiger partial charge in [-0.1, -0.05) is 11.1 Å². The first kappa shape index (κ1) is 12.9. The Balaban J connectivity index is 2.23. The van der Waals surface area contributed by atoms with E-state index in [2.05, 4.69) is 11.1 Å². The summed E-state index contributed by atoms with van der Waals surface area (Å²) in [6, 6.07) is 0. The second-order valence-electron chi connectivity index (χ2n) is 4.60. The molecule has 3 rings (SSSR count). The fourth-order valence-corrected chi connectivity index (χ4v) is 2.58. The molecule has 2 aliphatic rings. The van der Waals surface area contributed by atoms with Gasteiger partial charge in [-0.25, -0.2) is 4.79 Å². The summed E-state index contributed by atoms with van der Waals surface area (Å²) in [5.74, 6) is -0.312. The number of carboxylic acid groups (broad SMARTS) is 1. The first-order valence-electron chi connectivity index (χ1n) is 5.89. The standard InChI is InChI=1S/C13H11NO6/c1-2-12(17)7-13(18-3-4-19-13)11-8(6-20-14-11)9(12)5-10(15)16/h1,5-6,17H,3-4,7H2,(H,15,16)/t12-/m0/s1. The van der Waals surface area contributed by atoms with E-state index in [1.165, 1.54) is 6.26 Å². The third-order valence-electron chi connectivity index (χ3n) is 3.42. The molecule has 1 saturated heterocycles. The maximum Gasteiger partial charge on any atom is 0.328 e. The van der Waals surface area contributed by atoms with Crippen molar-refractivity contribution in [2.45, 2.75) is 17.8 Å². The molecule has 0 aromatic carbocycles. The highest BCUT2D eigenvalue weighted by Crippen LogP contribution is 2.49. The van der Waals surface area contributed by atoms with E-state index in [9.17, 15) is 9.90 Å². The predicted octanol–water partition coefficient (Wildman–Crippen LogP) is 0.110. The van der Waals surface area contributed by atoms with Gasteiger partial charge in [-0.05, 0) is 0 Å². The van der Waals surface area contributed by atoms with Crippen molar-refractivity contribution in [3.63, 3.8) is 0 Å². The highest BCUT2D eigenvalue weighted by Gasteiger charge is 2.55. The van der Waals surface area contributed by atoms with Crippen LogP contribution in [0, 0.1) is 12.3 Å². The van der Waals surface area contributed by atoms with E-state index in [0.717, 1.165) is 6.08 Å². The number of carboxylic acids is 1. The maximum absolute atomic E-state index is 10.9. The SMILES string of the molecule is C#C[C@]1(O)CC2(OCCO2)c2nocc2C1=CC(=O)O. The van der Waals surface area contributed by atoms with E-state index in [1.807, 2.05) is 0 Å². The molecule has 2 heterocycles. The zero-order chi connectivity index (χ0) is 14.4. The van der Waals surface area contributed by atoms with Gasteiger partial charge in [0.15, 0.2) is 11.3 Å². The van der Waals surface area contributed by atoms with Crippen molar-refractivity contribution in [3.05, 3.63) is 23.6 Å². The van der Waals surface area contributed by atoms with Gasteiger partial charge in [0, 0.05) is 11.6 Å². The molecule has 7 nitrogen and oxygen atoms in total. The number of hydrogen-bond donors (Lipinski definition) is 2. The summed E-state index contributed by atoms with van der Waals surface area (Å²) in [5, 5.41) is 23.3. The van der Waals surface area contributed by atoms with Crippen LogP contribution >= 0.6 is 0 Å². The van der Waals surface area contributed by atoms with E-state index in [-0.39, 0.29) is 17.6 Å². The third kappa shape index (κ3) is 1.67. The Labute approximate surface area is 113 Å². The Kier molecular flexibility index (Phi) is 2.69. The van der Waals surface area contributed by atoms with Crippen LogP contribution in [0.1, 0.15) is 17.7 Å². The summed E-state index contributed by atoms with van der Waals surface area (Å²) in [5.41, 5.74) is -1.22. The van der Waals surface area contributed by atoms with Crippen molar-refractivity contribution in [2.24, 2.45) is 0 Å². The van der Waals surface area contributed by atoms with Crippen molar-refractivity contribution in [3.8, 4) is 12.3 Å². The normalized spacial score (nSPS) is 29.3. The number of hydrogen-bond acceptors (Lipinski definition) is 6. The Hall–Kier alpha value is -2.14. The Bertz CT molecular complexity index is 634. The van der Waals surface area contributed by atoms with Gasteiger partial charge < -0.3 is 24.2 Å². The minimum atomic E-state index is -1.83. The zero-order valence-electron chi connectivity index (χ0n) is 10.3. The molecule has 0 unspecified atom stereocenters. The molecule has 1 aromatic heterocycles. The predicted molar refractivity (Wildman–Crippen MR) is 64.1 cm³/mol. The first-order chi connectivity index (χ1) is 9.51. The Morgan fingerprint density at radius 1 is 1.50 bits per heavy atom. The summed E-state index contributed by atoms with van der Waals surface area (Å²) in [6.07, 6.45) is 7.31.